The lowest BCUT2D eigenvalue weighted by atomic mass is 10.0. The van der Waals surface area contributed by atoms with E-state index in [-0.39, 0.29) is 24.9 Å². The predicted molar refractivity (Wildman–Crippen MR) is 171 cm³/mol. The Hall–Kier alpha value is -4.25. The number of pyridine rings is 1. The number of amides is 1. The first kappa shape index (κ1) is 33.6. The van der Waals surface area contributed by atoms with E-state index in [0.717, 1.165) is 38.2 Å². The zero-order valence-electron chi connectivity index (χ0n) is 27.1. The number of likely N-dealkylation sites (N-methyl/N-ethyl adjacent to an activating group) is 1. The smallest absolute Gasteiger partial charge is 0.451 e. The third-order valence-corrected chi connectivity index (χ3v) is 9.52. The van der Waals surface area contributed by atoms with Crippen molar-refractivity contribution < 1.29 is 32.6 Å². The Balaban J connectivity index is 1.34. The highest BCUT2D eigenvalue weighted by atomic mass is 19.4. The number of aromatic nitrogens is 5. The van der Waals surface area contributed by atoms with Gasteiger partial charge < -0.3 is 39.7 Å². The van der Waals surface area contributed by atoms with Crippen LogP contribution in [0.3, 0.4) is 0 Å². The van der Waals surface area contributed by atoms with Gasteiger partial charge in [-0.15, -0.1) is 0 Å². The quantitative estimate of drug-likeness (QED) is 0.285. The third-order valence-electron chi connectivity index (χ3n) is 9.52. The van der Waals surface area contributed by atoms with Gasteiger partial charge in [-0.1, -0.05) is 13.0 Å². The molecule has 0 aromatic carbocycles. The lowest BCUT2D eigenvalue weighted by molar-refractivity contribution is -0.209. The number of aliphatic hydroxyl groups excluding tert-OH is 1. The van der Waals surface area contributed by atoms with Crippen molar-refractivity contribution in [1.29, 1.82) is 0 Å². The second-order valence-electron chi connectivity index (χ2n) is 12.8. The topological polar surface area (TPSA) is 154 Å². The lowest BCUT2D eigenvalue weighted by Crippen LogP contribution is -2.45. The first-order chi connectivity index (χ1) is 22.9. The molecule has 3 aromatic rings. The number of nitrogens with zero attached hydrogens (tertiary/aromatic N) is 8. The third kappa shape index (κ3) is 6.97. The van der Waals surface area contributed by atoms with Crippen LogP contribution >= 0.6 is 0 Å². The first-order valence-electron chi connectivity index (χ1n) is 16.3. The average molecular weight is 675 g/mol. The number of nitrogens with one attached hydrogen (secondary N) is 2. The Morgan fingerprint density at radius 3 is 2.48 bits per heavy atom. The maximum absolute atomic E-state index is 13.3. The molecule has 260 valence electrons. The molecule has 48 heavy (non-hydrogen) atoms. The van der Waals surface area contributed by atoms with E-state index in [1.54, 1.807) is 13.1 Å². The van der Waals surface area contributed by atoms with E-state index >= 15 is 0 Å². The van der Waals surface area contributed by atoms with Gasteiger partial charge in [-0.2, -0.15) is 23.1 Å². The van der Waals surface area contributed by atoms with Crippen LogP contribution in [0.2, 0.25) is 0 Å². The van der Waals surface area contributed by atoms with Gasteiger partial charge in [-0.3, -0.25) is 4.79 Å². The lowest BCUT2D eigenvalue weighted by Gasteiger charge is -2.33. The zero-order valence-corrected chi connectivity index (χ0v) is 27.1. The fraction of sp³-hybridized carbons (Fsp3) is 0.613. The van der Waals surface area contributed by atoms with Gasteiger partial charge in [0, 0.05) is 50.9 Å². The van der Waals surface area contributed by atoms with E-state index in [2.05, 4.69) is 35.3 Å². The highest BCUT2D eigenvalue weighted by Gasteiger charge is 2.51. The first-order valence-corrected chi connectivity index (χ1v) is 16.3. The molecule has 5 atom stereocenters. The van der Waals surface area contributed by atoms with E-state index in [4.69, 9.17) is 14.7 Å². The van der Waals surface area contributed by atoms with Gasteiger partial charge in [-0.05, 0) is 51.9 Å². The molecule has 14 nitrogen and oxygen atoms in total. The number of alkyl halides is 3. The van der Waals surface area contributed by atoms with Crippen LogP contribution in [-0.4, -0.2) is 123 Å². The minimum Gasteiger partial charge on any atom is -0.451 e. The van der Waals surface area contributed by atoms with Crippen molar-refractivity contribution in [2.45, 2.75) is 81.6 Å². The fourth-order valence-electron chi connectivity index (χ4n) is 6.78. The van der Waals surface area contributed by atoms with Gasteiger partial charge >= 0.3 is 12.1 Å². The van der Waals surface area contributed by atoms with Crippen molar-refractivity contribution >= 4 is 40.6 Å². The molecule has 1 saturated carbocycles. The van der Waals surface area contributed by atoms with Crippen LogP contribution in [0.1, 0.15) is 45.1 Å². The monoisotopic (exact) mass is 674 g/mol. The fourth-order valence-corrected chi connectivity index (χ4v) is 6.78. The number of imidazole rings is 1. The number of carbonyl (C=O) groups excluding carboxylic acids is 2. The van der Waals surface area contributed by atoms with Gasteiger partial charge in [0.25, 0.3) is 0 Å². The molecule has 3 aromatic heterocycles. The van der Waals surface area contributed by atoms with Crippen molar-refractivity contribution in [3.8, 4) is 0 Å². The normalized spacial score (nSPS) is 25.2. The van der Waals surface area contributed by atoms with Crippen molar-refractivity contribution in [2.75, 3.05) is 55.4 Å². The highest BCUT2D eigenvalue weighted by Crippen LogP contribution is 2.38. The van der Waals surface area contributed by atoms with Gasteiger partial charge in [0.2, 0.25) is 11.9 Å². The van der Waals surface area contributed by atoms with Gasteiger partial charge in [-0.25, -0.2) is 14.8 Å². The molecule has 1 amide bonds. The summed E-state index contributed by atoms with van der Waals surface area (Å²) in [6.07, 6.45) is -2.74. The molecule has 0 spiro atoms. The summed E-state index contributed by atoms with van der Waals surface area (Å²) in [5.41, 5.74) is 0.708. The number of carbonyl (C=O) groups is 2. The molecule has 3 N–H and O–H groups in total. The number of aliphatic hydroxyl groups is 1. The number of ether oxygens (including phenoxy) is 1. The molecular weight excluding hydrogens is 633 g/mol. The Morgan fingerprint density at radius 1 is 1.08 bits per heavy atom. The summed E-state index contributed by atoms with van der Waals surface area (Å²) < 4.78 is 46.4. The van der Waals surface area contributed by atoms with E-state index in [9.17, 15) is 27.9 Å². The SMILES string of the molecule is CCC(=O)N[C@H]1C[C@@H](n2cnc3c(NC4CCN(c5ccccn5)CC4)nc(N4CCC(N(C)C)C4)nc32)[C@H](OC(=O)C(F)(F)F)C1O. The summed E-state index contributed by atoms with van der Waals surface area (Å²) in [4.78, 5) is 49.5. The number of piperidine rings is 1. The largest absolute Gasteiger partial charge is 0.490 e. The van der Waals surface area contributed by atoms with E-state index in [1.807, 2.05) is 32.3 Å². The minimum absolute atomic E-state index is 0.0192. The number of hydrogen-bond donors (Lipinski definition) is 3. The van der Waals surface area contributed by atoms with Gasteiger partial charge in [0.05, 0.1) is 18.4 Å². The molecule has 2 unspecified atom stereocenters. The van der Waals surface area contributed by atoms with Crippen LogP contribution in [0.5, 0.6) is 0 Å². The van der Waals surface area contributed by atoms with Crippen molar-refractivity contribution in [1.82, 2.24) is 34.7 Å². The molecule has 17 heteroatoms. The molecule has 0 radical (unpaired) electrons. The maximum Gasteiger partial charge on any atom is 0.490 e. The van der Waals surface area contributed by atoms with Crippen LogP contribution in [0.15, 0.2) is 30.7 Å². The Bertz CT molecular complexity index is 1600. The van der Waals surface area contributed by atoms with Gasteiger partial charge in [0.15, 0.2) is 23.1 Å². The van der Waals surface area contributed by atoms with Crippen LogP contribution < -0.4 is 20.4 Å². The molecule has 0 bridgehead atoms. The van der Waals surface area contributed by atoms with E-state index in [0.29, 0.717) is 36.0 Å². The van der Waals surface area contributed by atoms with E-state index < -0.39 is 42.3 Å². The Labute approximate surface area is 275 Å². The molecule has 2 aliphatic heterocycles. The van der Waals surface area contributed by atoms with Crippen LogP contribution in [0.25, 0.3) is 11.2 Å². The predicted octanol–water partition coefficient (Wildman–Crippen LogP) is 2.12. The second-order valence-corrected chi connectivity index (χ2v) is 12.8. The van der Waals surface area contributed by atoms with E-state index in [1.165, 1.54) is 10.9 Å². The number of rotatable bonds is 9. The molecule has 5 heterocycles. The van der Waals surface area contributed by atoms with Crippen molar-refractivity contribution in [3.05, 3.63) is 30.7 Å². The zero-order chi connectivity index (χ0) is 34.2. The maximum atomic E-state index is 13.3. The average Bonchev–Trinajstić information content (AvgIpc) is 3.80. The minimum atomic E-state index is -5.27. The van der Waals surface area contributed by atoms with Crippen molar-refractivity contribution in [2.24, 2.45) is 0 Å². The Kier molecular flexibility index (Phi) is 9.60. The Morgan fingerprint density at radius 2 is 1.83 bits per heavy atom. The van der Waals surface area contributed by atoms with Crippen LogP contribution in [0, 0.1) is 0 Å². The molecule has 3 fully saturated rings. The summed E-state index contributed by atoms with van der Waals surface area (Å²) in [7, 11) is 4.03. The molecule has 3 aliphatic rings. The molecule has 6 rings (SSSR count). The van der Waals surface area contributed by atoms with Gasteiger partial charge in [0.1, 0.15) is 11.9 Å². The number of hydrogen-bond acceptors (Lipinski definition) is 12. The number of fused-ring (bicyclic) bond motifs is 1. The second kappa shape index (κ2) is 13.7. The van der Waals surface area contributed by atoms with Crippen molar-refractivity contribution in [3.63, 3.8) is 0 Å². The number of halogens is 3. The summed E-state index contributed by atoms with van der Waals surface area (Å²) in [6, 6.07) is 4.18. The summed E-state index contributed by atoms with van der Waals surface area (Å²) >= 11 is 0. The summed E-state index contributed by atoms with van der Waals surface area (Å²) in [5, 5.41) is 17.3. The summed E-state index contributed by atoms with van der Waals surface area (Å²) in [5.74, 6) is -0.994. The molecular formula is C31H41F3N10O4. The molecule has 1 aliphatic carbocycles. The molecule has 2 saturated heterocycles. The van der Waals surface area contributed by atoms with Crippen LogP contribution in [0.4, 0.5) is 30.8 Å². The number of anilines is 3. The highest BCUT2D eigenvalue weighted by molar-refractivity contribution is 5.85. The van der Waals surface area contributed by atoms with Crippen LogP contribution in [-0.2, 0) is 14.3 Å². The summed E-state index contributed by atoms with van der Waals surface area (Å²) in [6.45, 7) is 4.54. The number of esters is 1. The standard InChI is InChI=1S/C31H41F3N10O4/c1-4-23(45)38-20-15-21(26(25(20)46)48-29(47)31(32,33)34)44-17-36-24-27(37-18-8-12-42(13-9-18)22-7-5-6-11-35-22)39-30(40-28(24)44)43-14-10-19(16-43)41(2)3/h5-7,11,17-21,25-26,46H,4,8-10,12-16H2,1-3H3,(H,38,45)(H,37,39,40)/t19?,20-,21+,25?,26-/m0/s1.